The van der Waals surface area contributed by atoms with Gasteiger partial charge in [0, 0.05) is 35.0 Å². The molecule has 5 nitrogen and oxygen atoms in total. The van der Waals surface area contributed by atoms with Crippen LogP contribution in [0.5, 0.6) is 0 Å². The number of carbonyl (C=O) groups excluding carboxylic acids is 1. The van der Waals surface area contributed by atoms with Gasteiger partial charge < -0.3 is 5.32 Å². The lowest BCUT2D eigenvalue weighted by molar-refractivity contribution is -0.121. The Kier molecular flexibility index (Phi) is 4.96. The quantitative estimate of drug-likeness (QED) is 0.848. The minimum absolute atomic E-state index is 0.0435. The summed E-state index contributed by atoms with van der Waals surface area (Å²) in [6.45, 7) is 4.06. The number of rotatable bonds is 4. The van der Waals surface area contributed by atoms with Crippen molar-refractivity contribution in [3.63, 3.8) is 0 Å². The van der Waals surface area contributed by atoms with E-state index >= 15 is 0 Å². The lowest BCUT2D eigenvalue weighted by Gasteiger charge is -2.14. The summed E-state index contributed by atoms with van der Waals surface area (Å²) < 4.78 is 1.66. The van der Waals surface area contributed by atoms with Crippen molar-refractivity contribution in [3.05, 3.63) is 56.5 Å². The number of halogens is 1. The second-order valence-electron chi connectivity index (χ2n) is 5.85. The Morgan fingerprint density at radius 3 is 2.79 bits per heavy atom. The summed E-state index contributed by atoms with van der Waals surface area (Å²) in [5, 5.41) is 4.27. The van der Waals surface area contributed by atoms with E-state index in [-0.39, 0.29) is 23.9 Å². The van der Waals surface area contributed by atoms with E-state index in [9.17, 15) is 9.59 Å². The minimum Gasteiger partial charge on any atom is -0.352 e. The molecule has 1 atom stereocenters. The zero-order chi connectivity index (χ0) is 17.3. The molecular weight excluding hydrogens is 346 g/mol. The van der Waals surface area contributed by atoms with Gasteiger partial charge in [-0.2, -0.15) is 0 Å². The third-order valence-corrected chi connectivity index (χ3v) is 5.50. The fraction of sp³-hybridized carbons (Fsp3) is 0.353. The van der Waals surface area contributed by atoms with Crippen LogP contribution < -0.4 is 10.9 Å². The minimum atomic E-state index is -0.144. The molecule has 1 aliphatic heterocycles. The number of benzene rings is 1. The normalized spacial score (nSPS) is 16.0. The molecule has 1 aromatic carbocycles. The SMILES string of the molecule is Cc1nc2n(c(=O)c1C)C(CC(=O)NCc1ccc(Cl)cc1)CS2. The van der Waals surface area contributed by atoms with Gasteiger partial charge in [-0.15, -0.1) is 0 Å². The van der Waals surface area contributed by atoms with Crippen molar-refractivity contribution in [2.75, 3.05) is 5.75 Å². The van der Waals surface area contributed by atoms with Crippen LogP contribution in [0.25, 0.3) is 0 Å². The standard InChI is InChI=1S/C17H18ClN3O2S/c1-10-11(2)20-17-21(16(10)23)14(9-24-17)7-15(22)19-8-12-3-5-13(18)6-4-12/h3-6,14H,7-9H2,1-2H3,(H,19,22). The van der Waals surface area contributed by atoms with Crippen molar-refractivity contribution in [1.29, 1.82) is 0 Å². The fourth-order valence-corrected chi connectivity index (χ4v) is 3.92. The van der Waals surface area contributed by atoms with Crippen LogP contribution in [0.15, 0.2) is 34.2 Å². The Labute approximate surface area is 149 Å². The highest BCUT2D eigenvalue weighted by Gasteiger charge is 2.28. The molecule has 1 aromatic heterocycles. The number of hydrogen-bond donors (Lipinski definition) is 1. The van der Waals surface area contributed by atoms with Crippen molar-refractivity contribution >= 4 is 29.3 Å². The van der Waals surface area contributed by atoms with Crippen molar-refractivity contribution < 1.29 is 4.79 Å². The number of amides is 1. The Balaban J connectivity index is 1.66. The largest absolute Gasteiger partial charge is 0.352 e. The van der Waals surface area contributed by atoms with E-state index in [1.54, 1.807) is 23.6 Å². The summed E-state index contributed by atoms with van der Waals surface area (Å²) in [5.41, 5.74) is 2.34. The van der Waals surface area contributed by atoms with Gasteiger partial charge in [0.2, 0.25) is 5.91 Å². The number of aromatic nitrogens is 2. The molecule has 2 aromatic rings. The van der Waals surface area contributed by atoms with E-state index in [2.05, 4.69) is 10.3 Å². The molecule has 1 N–H and O–H groups in total. The van der Waals surface area contributed by atoms with Crippen LogP contribution in [0, 0.1) is 13.8 Å². The molecule has 0 radical (unpaired) electrons. The topological polar surface area (TPSA) is 64.0 Å². The predicted molar refractivity (Wildman–Crippen MR) is 95.6 cm³/mol. The smallest absolute Gasteiger partial charge is 0.257 e. The molecule has 0 saturated carbocycles. The van der Waals surface area contributed by atoms with Crippen LogP contribution in [0.2, 0.25) is 5.02 Å². The van der Waals surface area contributed by atoms with Gasteiger partial charge in [-0.25, -0.2) is 4.98 Å². The summed E-state index contributed by atoms with van der Waals surface area (Å²) in [6.07, 6.45) is 0.275. The zero-order valence-corrected chi connectivity index (χ0v) is 15.1. The van der Waals surface area contributed by atoms with E-state index in [1.165, 1.54) is 11.8 Å². The highest BCUT2D eigenvalue weighted by Crippen LogP contribution is 2.32. The van der Waals surface area contributed by atoms with Gasteiger partial charge in [0.05, 0.1) is 6.04 Å². The Morgan fingerprint density at radius 1 is 1.38 bits per heavy atom. The number of nitrogens with one attached hydrogen (secondary N) is 1. The molecule has 126 valence electrons. The second kappa shape index (κ2) is 6.99. The van der Waals surface area contributed by atoms with Gasteiger partial charge >= 0.3 is 0 Å². The van der Waals surface area contributed by atoms with Crippen LogP contribution >= 0.6 is 23.4 Å². The first-order valence-electron chi connectivity index (χ1n) is 7.69. The van der Waals surface area contributed by atoms with Crippen molar-refractivity contribution in [3.8, 4) is 0 Å². The fourth-order valence-electron chi connectivity index (χ4n) is 2.61. The van der Waals surface area contributed by atoms with E-state index in [0.717, 1.165) is 11.3 Å². The Morgan fingerprint density at radius 2 is 2.08 bits per heavy atom. The molecule has 0 saturated heterocycles. The van der Waals surface area contributed by atoms with Gasteiger partial charge in [0.1, 0.15) is 0 Å². The number of nitrogens with zero attached hydrogens (tertiary/aromatic N) is 2. The number of aryl methyl sites for hydroxylation is 1. The Hall–Kier alpha value is -1.79. The predicted octanol–water partition coefficient (Wildman–Crippen LogP) is 2.87. The first kappa shape index (κ1) is 17.0. The molecule has 1 aliphatic rings. The summed E-state index contributed by atoms with van der Waals surface area (Å²) in [4.78, 5) is 29.1. The van der Waals surface area contributed by atoms with Gasteiger partial charge in [0.25, 0.3) is 5.56 Å². The van der Waals surface area contributed by atoms with Crippen molar-refractivity contribution in [2.24, 2.45) is 0 Å². The van der Waals surface area contributed by atoms with Gasteiger partial charge in [0.15, 0.2) is 5.16 Å². The molecule has 0 aliphatic carbocycles. The molecule has 2 heterocycles. The summed E-state index contributed by atoms with van der Waals surface area (Å²) in [7, 11) is 0. The maximum absolute atomic E-state index is 12.5. The van der Waals surface area contributed by atoms with Crippen LogP contribution in [0.1, 0.15) is 29.3 Å². The van der Waals surface area contributed by atoms with Gasteiger partial charge in [-0.05, 0) is 31.5 Å². The summed E-state index contributed by atoms with van der Waals surface area (Å²) >= 11 is 7.37. The lowest BCUT2D eigenvalue weighted by atomic mass is 10.2. The second-order valence-corrected chi connectivity index (χ2v) is 7.28. The molecule has 7 heteroatoms. The molecule has 1 amide bonds. The summed E-state index contributed by atoms with van der Waals surface area (Å²) in [6, 6.07) is 7.20. The van der Waals surface area contributed by atoms with Gasteiger partial charge in [-0.3, -0.25) is 14.2 Å². The van der Waals surface area contributed by atoms with Crippen molar-refractivity contribution in [1.82, 2.24) is 14.9 Å². The maximum atomic E-state index is 12.5. The third kappa shape index (κ3) is 3.49. The van der Waals surface area contributed by atoms with Crippen molar-refractivity contribution in [2.45, 2.75) is 38.0 Å². The van der Waals surface area contributed by atoms with E-state index in [1.807, 2.05) is 19.1 Å². The van der Waals surface area contributed by atoms with E-state index in [4.69, 9.17) is 11.6 Å². The number of hydrogen-bond acceptors (Lipinski definition) is 4. The highest BCUT2D eigenvalue weighted by molar-refractivity contribution is 7.99. The molecular formula is C17H18ClN3O2S. The highest BCUT2D eigenvalue weighted by atomic mass is 35.5. The maximum Gasteiger partial charge on any atom is 0.257 e. The monoisotopic (exact) mass is 363 g/mol. The van der Waals surface area contributed by atoms with Crippen LogP contribution in [-0.2, 0) is 11.3 Å². The summed E-state index contributed by atoms with van der Waals surface area (Å²) in [5.74, 6) is 0.619. The van der Waals surface area contributed by atoms with Gasteiger partial charge in [-0.1, -0.05) is 35.5 Å². The van der Waals surface area contributed by atoms with Crippen LogP contribution in [-0.4, -0.2) is 21.2 Å². The molecule has 24 heavy (non-hydrogen) atoms. The first-order chi connectivity index (χ1) is 11.5. The number of carbonyl (C=O) groups is 1. The van der Waals surface area contributed by atoms with Crippen LogP contribution in [0.4, 0.5) is 0 Å². The molecule has 0 fully saturated rings. The third-order valence-electron chi connectivity index (χ3n) is 4.15. The van der Waals surface area contributed by atoms with E-state index < -0.39 is 0 Å². The molecule has 0 spiro atoms. The zero-order valence-electron chi connectivity index (χ0n) is 13.5. The number of fused-ring (bicyclic) bond motifs is 1. The molecule has 1 unspecified atom stereocenters. The Bertz CT molecular complexity index is 833. The average Bonchev–Trinajstić information content (AvgIpc) is 2.94. The first-order valence-corrected chi connectivity index (χ1v) is 9.05. The lowest BCUT2D eigenvalue weighted by Crippen LogP contribution is -2.31. The molecule has 3 rings (SSSR count). The van der Waals surface area contributed by atoms with E-state index in [0.29, 0.717) is 28.0 Å². The number of thioether (sulfide) groups is 1. The average molecular weight is 364 g/mol. The van der Waals surface area contributed by atoms with Crippen LogP contribution in [0.3, 0.4) is 0 Å². The molecule has 0 bridgehead atoms.